The molecule has 0 saturated carbocycles. The molecule has 6 nitrogen and oxygen atoms in total. The number of halogens is 1. The van der Waals surface area contributed by atoms with Crippen molar-refractivity contribution in [3.05, 3.63) is 58.6 Å². The fourth-order valence-corrected chi connectivity index (χ4v) is 4.38. The predicted octanol–water partition coefficient (Wildman–Crippen LogP) is 2.81. The van der Waals surface area contributed by atoms with E-state index in [1.165, 1.54) is 12.1 Å². The SMILES string of the molecule is O=C(O)Cc1cccc2c1OCCC2CNS(=O)(=O)c1cccc(Cl)c1. The predicted molar refractivity (Wildman–Crippen MR) is 97.3 cm³/mol. The molecular formula is C18H18ClNO5S. The zero-order valence-electron chi connectivity index (χ0n) is 13.8. The van der Waals surface area contributed by atoms with Crippen LogP contribution in [0.2, 0.25) is 5.02 Å². The second-order valence-corrected chi connectivity index (χ2v) is 8.25. The first-order valence-corrected chi connectivity index (χ1v) is 9.94. The summed E-state index contributed by atoms with van der Waals surface area (Å²) in [5.41, 5.74) is 1.42. The third-order valence-electron chi connectivity index (χ3n) is 4.25. The molecule has 1 atom stereocenters. The summed E-state index contributed by atoms with van der Waals surface area (Å²) in [7, 11) is -3.68. The topological polar surface area (TPSA) is 92.7 Å². The average Bonchev–Trinajstić information content (AvgIpc) is 2.60. The van der Waals surface area contributed by atoms with E-state index in [-0.39, 0.29) is 23.8 Å². The zero-order valence-corrected chi connectivity index (χ0v) is 15.4. The minimum atomic E-state index is -3.68. The normalized spacial score (nSPS) is 16.6. The van der Waals surface area contributed by atoms with E-state index in [9.17, 15) is 13.2 Å². The Morgan fingerprint density at radius 3 is 2.77 bits per heavy atom. The van der Waals surface area contributed by atoms with Crippen LogP contribution in [0.3, 0.4) is 0 Å². The van der Waals surface area contributed by atoms with Gasteiger partial charge in [-0.1, -0.05) is 35.9 Å². The largest absolute Gasteiger partial charge is 0.493 e. The second-order valence-electron chi connectivity index (χ2n) is 6.05. The fraction of sp³-hybridized carbons (Fsp3) is 0.278. The van der Waals surface area contributed by atoms with Crippen LogP contribution in [0.1, 0.15) is 23.5 Å². The molecule has 0 aliphatic carbocycles. The Labute approximate surface area is 156 Å². The molecule has 26 heavy (non-hydrogen) atoms. The lowest BCUT2D eigenvalue weighted by Crippen LogP contribution is -2.31. The summed E-state index contributed by atoms with van der Waals surface area (Å²) >= 11 is 5.87. The summed E-state index contributed by atoms with van der Waals surface area (Å²) in [6.07, 6.45) is 0.506. The van der Waals surface area contributed by atoms with Crippen molar-refractivity contribution in [3.63, 3.8) is 0 Å². The van der Waals surface area contributed by atoms with Crippen LogP contribution >= 0.6 is 11.6 Å². The molecule has 3 rings (SSSR count). The lowest BCUT2D eigenvalue weighted by Gasteiger charge is -2.27. The highest BCUT2D eigenvalue weighted by Crippen LogP contribution is 2.36. The lowest BCUT2D eigenvalue weighted by molar-refractivity contribution is -0.136. The van der Waals surface area contributed by atoms with Crippen LogP contribution in [-0.2, 0) is 21.2 Å². The summed E-state index contributed by atoms with van der Waals surface area (Å²) in [6.45, 7) is 0.606. The molecule has 138 valence electrons. The van der Waals surface area contributed by atoms with E-state index in [1.54, 1.807) is 24.3 Å². The molecule has 8 heteroatoms. The van der Waals surface area contributed by atoms with E-state index in [2.05, 4.69) is 4.72 Å². The number of carbonyl (C=O) groups is 1. The van der Waals surface area contributed by atoms with Crippen molar-refractivity contribution in [2.45, 2.75) is 23.7 Å². The van der Waals surface area contributed by atoms with E-state index in [4.69, 9.17) is 21.4 Å². The van der Waals surface area contributed by atoms with Crippen molar-refractivity contribution in [1.29, 1.82) is 0 Å². The lowest BCUT2D eigenvalue weighted by atomic mass is 9.91. The van der Waals surface area contributed by atoms with Crippen molar-refractivity contribution in [3.8, 4) is 5.75 Å². The van der Waals surface area contributed by atoms with Crippen molar-refractivity contribution >= 4 is 27.6 Å². The Morgan fingerprint density at radius 2 is 2.04 bits per heavy atom. The van der Waals surface area contributed by atoms with Gasteiger partial charge in [0.25, 0.3) is 0 Å². The van der Waals surface area contributed by atoms with E-state index in [0.29, 0.717) is 29.4 Å². The van der Waals surface area contributed by atoms with Gasteiger partial charge < -0.3 is 9.84 Å². The number of ether oxygens (including phenoxy) is 1. The molecule has 2 aromatic rings. The third kappa shape index (κ3) is 4.17. The van der Waals surface area contributed by atoms with Crippen LogP contribution in [0, 0.1) is 0 Å². The molecule has 1 unspecified atom stereocenters. The average molecular weight is 396 g/mol. The Kier molecular flexibility index (Phi) is 5.50. The maximum absolute atomic E-state index is 12.5. The number of hydrogen-bond acceptors (Lipinski definition) is 4. The van der Waals surface area contributed by atoms with Crippen LogP contribution in [0.15, 0.2) is 47.4 Å². The summed E-state index contributed by atoms with van der Waals surface area (Å²) in [5, 5.41) is 9.38. The highest BCUT2D eigenvalue weighted by molar-refractivity contribution is 7.89. The van der Waals surface area contributed by atoms with Gasteiger partial charge in [-0.3, -0.25) is 4.79 Å². The number of fused-ring (bicyclic) bond motifs is 1. The minimum absolute atomic E-state index is 0.0959. The molecule has 0 bridgehead atoms. The molecule has 0 aromatic heterocycles. The Bertz CT molecular complexity index is 929. The standard InChI is InChI=1S/C18H18ClNO5S/c19-14-4-2-5-15(10-14)26(23,24)20-11-13-7-8-25-18-12(9-17(21)22)3-1-6-16(13)18/h1-6,10,13,20H,7-9,11H2,(H,21,22). The summed E-state index contributed by atoms with van der Waals surface area (Å²) in [4.78, 5) is 11.1. The van der Waals surface area contributed by atoms with Gasteiger partial charge in [-0.05, 0) is 30.2 Å². The molecule has 2 N–H and O–H groups in total. The van der Waals surface area contributed by atoms with Crippen molar-refractivity contribution in [2.24, 2.45) is 0 Å². The molecule has 0 radical (unpaired) electrons. The first-order chi connectivity index (χ1) is 12.4. The first-order valence-electron chi connectivity index (χ1n) is 8.08. The van der Waals surface area contributed by atoms with Crippen LogP contribution in [0.5, 0.6) is 5.75 Å². The van der Waals surface area contributed by atoms with Crippen LogP contribution < -0.4 is 9.46 Å². The van der Waals surface area contributed by atoms with Gasteiger partial charge in [0.15, 0.2) is 0 Å². The monoisotopic (exact) mass is 395 g/mol. The van der Waals surface area contributed by atoms with Crippen LogP contribution in [0.25, 0.3) is 0 Å². The maximum atomic E-state index is 12.5. The molecule has 1 aliphatic rings. The van der Waals surface area contributed by atoms with Crippen molar-refractivity contribution < 1.29 is 23.1 Å². The van der Waals surface area contributed by atoms with Gasteiger partial charge in [0.2, 0.25) is 10.0 Å². The van der Waals surface area contributed by atoms with Gasteiger partial charge in [-0.15, -0.1) is 0 Å². The number of aliphatic carboxylic acids is 1. The number of rotatable bonds is 6. The quantitative estimate of drug-likeness (QED) is 0.784. The molecule has 0 amide bonds. The Morgan fingerprint density at radius 1 is 1.27 bits per heavy atom. The molecule has 0 fully saturated rings. The zero-order chi connectivity index (χ0) is 18.7. The smallest absolute Gasteiger partial charge is 0.307 e. The number of benzene rings is 2. The number of para-hydroxylation sites is 1. The van der Waals surface area contributed by atoms with E-state index < -0.39 is 16.0 Å². The van der Waals surface area contributed by atoms with E-state index in [0.717, 1.165) is 5.56 Å². The molecule has 0 spiro atoms. The van der Waals surface area contributed by atoms with Crippen molar-refractivity contribution in [1.82, 2.24) is 4.72 Å². The number of nitrogens with one attached hydrogen (secondary N) is 1. The first kappa shape index (κ1) is 18.7. The number of hydrogen-bond donors (Lipinski definition) is 2. The molecule has 0 saturated heterocycles. The van der Waals surface area contributed by atoms with Gasteiger partial charge in [0, 0.05) is 23.0 Å². The van der Waals surface area contributed by atoms with Gasteiger partial charge in [0.1, 0.15) is 5.75 Å². The number of carboxylic acids is 1. The number of carboxylic acid groups (broad SMARTS) is 1. The molecule has 1 aliphatic heterocycles. The number of sulfonamides is 1. The summed E-state index contributed by atoms with van der Waals surface area (Å²) < 4.78 is 33.2. The second kappa shape index (κ2) is 7.65. The molecule has 2 aromatic carbocycles. The van der Waals surface area contributed by atoms with E-state index in [1.807, 2.05) is 6.07 Å². The maximum Gasteiger partial charge on any atom is 0.307 e. The molecule has 1 heterocycles. The van der Waals surface area contributed by atoms with Crippen molar-refractivity contribution in [2.75, 3.05) is 13.2 Å². The third-order valence-corrected chi connectivity index (χ3v) is 5.90. The summed E-state index contributed by atoms with van der Waals surface area (Å²) in [6, 6.07) is 11.4. The summed E-state index contributed by atoms with van der Waals surface area (Å²) in [5.74, 6) is -0.486. The Balaban J connectivity index is 1.79. The van der Waals surface area contributed by atoms with Crippen LogP contribution in [-0.4, -0.2) is 32.6 Å². The Hall–Kier alpha value is -2.09. The highest BCUT2D eigenvalue weighted by Gasteiger charge is 2.26. The molecular weight excluding hydrogens is 378 g/mol. The van der Waals surface area contributed by atoms with Crippen LogP contribution in [0.4, 0.5) is 0 Å². The minimum Gasteiger partial charge on any atom is -0.493 e. The highest BCUT2D eigenvalue weighted by atomic mass is 35.5. The van der Waals surface area contributed by atoms with Gasteiger partial charge in [0.05, 0.1) is 17.9 Å². The van der Waals surface area contributed by atoms with Gasteiger partial charge in [-0.2, -0.15) is 0 Å². The van der Waals surface area contributed by atoms with Gasteiger partial charge in [-0.25, -0.2) is 13.1 Å². The van der Waals surface area contributed by atoms with Gasteiger partial charge >= 0.3 is 5.97 Å². The van der Waals surface area contributed by atoms with E-state index >= 15 is 0 Å². The fourth-order valence-electron chi connectivity index (χ4n) is 3.00.